The van der Waals surface area contributed by atoms with Gasteiger partial charge in [-0.3, -0.25) is 0 Å². The normalized spacial score (nSPS) is 11.0. The first kappa shape index (κ1) is 11.1. The van der Waals surface area contributed by atoms with Gasteiger partial charge in [0, 0.05) is 4.47 Å². The molecule has 1 aromatic carbocycles. The number of nitriles is 1. The Bertz CT molecular complexity index is 521. The van der Waals surface area contributed by atoms with Crippen molar-refractivity contribution in [2.24, 2.45) is 5.14 Å². The predicted molar refractivity (Wildman–Crippen MR) is 50.2 cm³/mol. The average molecular weight is 279 g/mol. The molecule has 0 unspecified atom stereocenters. The first-order valence-electron chi connectivity index (χ1n) is 3.28. The summed E-state index contributed by atoms with van der Waals surface area (Å²) in [5.41, 5.74) is 0.00917. The van der Waals surface area contributed by atoms with Crippen molar-refractivity contribution in [2.75, 3.05) is 0 Å². The molecule has 0 aliphatic rings. The summed E-state index contributed by atoms with van der Waals surface area (Å²) in [6.07, 6.45) is 0. The summed E-state index contributed by atoms with van der Waals surface area (Å²) < 4.78 is 34.9. The van der Waals surface area contributed by atoms with E-state index in [9.17, 15) is 12.8 Å². The first-order valence-corrected chi connectivity index (χ1v) is 5.62. The molecule has 0 spiro atoms. The van der Waals surface area contributed by atoms with E-state index in [1.165, 1.54) is 0 Å². The minimum absolute atomic E-state index is 0.00917. The number of primary sulfonamides is 1. The first-order chi connectivity index (χ1) is 6.36. The van der Waals surface area contributed by atoms with Crippen LogP contribution in [0.25, 0.3) is 0 Å². The molecule has 7 heteroatoms. The van der Waals surface area contributed by atoms with E-state index in [0.29, 0.717) is 0 Å². The molecule has 0 aliphatic heterocycles. The van der Waals surface area contributed by atoms with Crippen LogP contribution < -0.4 is 5.14 Å². The van der Waals surface area contributed by atoms with Crippen molar-refractivity contribution in [3.63, 3.8) is 0 Å². The summed E-state index contributed by atoms with van der Waals surface area (Å²) in [5.74, 6) is -1.03. The Hall–Kier alpha value is -0.970. The van der Waals surface area contributed by atoms with Crippen molar-refractivity contribution in [1.82, 2.24) is 0 Å². The van der Waals surface area contributed by atoms with Crippen molar-refractivity contribution in [2.45, 2.75) is 4.90 Å². The molecular formula is C7H4BrFN2O2S. The van der Waals surface area contributed by atoms with Gasteiger partial charge in [0.2, 0.25) is 10.0 Å². The molecule has 0 aliphatic carbocycles. The molecule has 2 N–H and O–H groups in total. The van der Waals surface area contributed by atoms with Crippen LogP contribution in [0.4, 0.5) is 4.39 Å². The van der Waals surface area contributed by atoms with Crippen molar-refractivity contribution < 1.29 is 12.8 Å². The van der Waals surface area contributed by atoms with E-state index in [2.05, 4.69) is 15.9 Å². The smallest absolute Gasteiger partial charge is 0.225 e. The summed E-state index contributed by atoms with van der Waals surface area (Å²) >= 11 is 2.92. The van der Waals surface area contributed by atoms with Crippen molar-refractivity contribution in [1.29, 1.82) is 5.26 Å². The summed E-state index contributed by atoms with van der Waals surface area (Å²) in [5, 5.41) is 13.3. The molecule has 0 saturated carbocycles. The molecule has 0 saturated heterocycles. The molecule has 0 heterocycles. The highest BCUT2D eigenvalue weighted by Crippen LogP contribution is 2.23. The fourth-order valence-corrected chi connectivity index (χ4v) is 2.03. The Morgan fingerprint density at radius 3 is 2.50 bits per heavy atom. The monoisotopic (exact) mass is 278 g/mol. The van der Waals surface area contributed by atoms with E-state index < -0.39 is 20.7 Å². The molecule has 1 aromatic rings. The van der Waals surface area contributed by atoms with E-state index in [-0.39, 0.29) is 10.0 Å². The second-order valence-corrected chi connectivity index (χ2v) is 4.80. The van der Waals surface area contributed by atoms with E-state index in [0.717, 1.165) is 12.1 Å². The van der Waals surface area contributed by atoms with E-state index >= 15 is 0 Å². The number of nitrogens with two attached hydrogens (primary N) is 1. The van der Waals surface area contributed by atoms with Gasteiger partial charge >= 0.3 is 0 Å². The second kappa shape index (κ2) is 3.65. The zero-order valence-electron chi connectivity index (χ0n) is 6.66. The number of halogens is 2. The Morgan fingerprint density at radius 1 is 1.50 bits per heavy atom. The van der Waals surface area contributed by atoms with Crippen molar-refractivity contribution in [3.05, 3.63) is 28.0 Å². The lowest BCUT2D eigenvalue weighted by Gasteiger charge is -2.02. The van der Waals surface area contributed by atoms with Gasteiger partial charge in [-0.25, -0.2) is 17.9 Å². The number of benzene rings is 1. The molecule has 0 amide bonds. The zero-order valence-corrected chi connectivity index (χ0v) is 9.06. The summed E-state index contributed by atoms with van der Waals surface area (Å²) in [7, 11) is -4.10. The SMILES string of the molecule is N#Cc1cc(F)c(S(N)(=O)=O)cc1Br. The minimum Gasteiger partial charge on any atom is -0.225 e. The zero-order chi connectivity index (χ0) is 10.9. The molecular weight excluding hydrogens is 275 g/mol. The van der Waals surface area contributed by atoms with Crippen molar-refractivity contribution in [3.8, 4) is 6.07 Å². The summed E-state index contributed by atoms with van der Waals surface area (Å²) in [6, 6.07) is 3.46. The summed E-state index contributed by atoms with van der Waals surface area (Å²) in [6.45, 7) is 0. The molecule has 4 nitrogen and oxygen atoms in total. The maximum Gasteiger partial charge on any atom is 0.241 e. The van der Waals surface area contributed by atoms with Gasteiger partial charge in [0.1, 0.15) is 16.8 Å². The average Bonchev–Trinajstić information content (AvgIpc) is 2.06. The third kappa shape index (κ3) is 2.09. The van der Waals surface area contributed by atoms with E-state index in [1.54, 1.807) is 6.07 Å². The highest BCUT2D eigenvalue weighted by atomic mass is 79.9. The Labute approximate surface area is 88.3 Å². The third-order valence-corrected chi connectivity index (χ3v) is 3.03. The van der Waals surface area contributed by atoms with Gasteiger partial charge < -0.3 is 0 Å². The van der Waals surface area contributed by atoms with Gasteiger partial charge in [-0.2, -0.15) is 5.26 Å². The topological polar surface area (TPSA) is 83.9 Å². The number of sulfonamides is 1. The van der Waals surface area contributed by atoms with Gasteiger partial charge in [-0.05, 0) is 28.1 Å². The molecule has 74 valence electrons. The van der Waals surface area contributed by atoms with Crippen LogP contribution in [-0.4, -0.2) is 8.42 Å². The second-order valence-electron chi connectivity index (χ2n) is 2.42. The van der Waals surface area contributed by atoms with Crippen LogP contribution in [0, 0.1) is 17.1 Å². The molecule has 0 bridgehead atoms. The van der Waals surface area contributed by atoms with Crippen LogP contribution in [0.15, 0.2) is 21.5 Å². The maximum absolute atomic E-state index is 13.1. The van der Waals surface area contributed by atoms with Crippen LogP contribution in [0.5, 0.6) is 0 Å². The molecule has 0 atom stereocenters. The third-order valence-electron chi connectivity index (χ3n) is 1.45. The van der Waals surface area contributed by atoms with E-state index in [4.69, 9.17) is 10.4 Å². The number of rotatable bonds is 1. The van der Waals surface area contributed by atoms with Crippen molar-refractivity contribution >= 4 is 26.0 Å². The van der Waals surface area contributed by atoms with E-state index in [1.807, 2.05) is 0 Å². The highest BCUT2D eigenvalue weighted by Gasteiger charge is 2.16. The minimum atomic E-state index is -4.10. The van der Waals surface area contributed by atoms with Crippen LogP contribution in [0.3, 0.4) is 0 Å². The highest BCUT2D eigenvalue weighted by molar-refractivity contribution is 9.10. The molecule has 14 heavy (non-hydrogen) atoms. The lowest BCUT2D eigenvalue weighted by molar-refractivity contribution is 0.567. The molecule has 0 radical (unpaired) electrons. The van der Waals surface area contributed by atoms with Gasteiger partial charge in [0.25, 0.3) is 0 Å². The van der Waals surface area contributed by atoms with Crippen LogP contribution >= 0.6 is 15.9 Å². The Morgan fingerprint density at radius 2 is 2.07 bits per heavy atom. The molecule has 1 rings (SSSR count). The quantitative estimate of drug-likeness (QED) is 0.835. The van der Waals surface area contributed by atoms with Gasteiger partial charge in [0.15, 0.2) is 0 Å². The van der Waals surface area contributed by atoms with Crippen LogP contribution in [0.1, 0.15) is 5.56 Å². The van der Waals surface area contributed by atoms with Crippen LogP contribution in [0.2, 0.25) is 0 Å². The van der Waals surface area contributed by atoms with Gasteiger partial charge in [0.05, 0.1) is 5.56 Å². The van der Waals surface area contributed by atoms with Gasteiger partial charge in [-0.1, -0.05) is 0 Å². The summed E-state index contributed by atoms with van der Waals surface area (Å²) in [4.78, 5) is -0.636. The van der Waals surface area contributed by atoms with Gasteiger partial charge in [-0.15, -0.1) is 0 Å². The Balaban J connectivity index is 3.54. The fourth-order valence-electron chi connectivity index (χ4n) is 0.832. The standard InChI is InChI=1S/C7H4BrFN2O2S/c8-5-2-7(14(11,12)13)6(9)1-4(5)3-10/h1-2H,(H2,11,12,13). The number of hydrogen-bond acceptors (Lipinski definition) is 3. The van der Waals surface area contributed by atoms with Crippen LogP contribution in [-0.2, 0) is 10.0 Å². The fraction of sp³-hybridized carbons (Fsp3) is 0. The number of hydrogen-bond donors (Lipinski definition) is 1. The lowest BCUT2D eigenvalue weighted by atomic mass is 10.2. The number of nitrogens with zero attached hydrogens (tertiary/aromatic N) is 1. The largest absolute Gasteiger partial charge is 0.241 e. The lowest BCUT2D eigenvalue weighted by Crippen LogP contribution is -2.14. The predicted octanol–water partition coefficient (Wildman–Crippen LogP) is 1.11. The Kier molecular flexibility index (Phi) is 2.89. The maximum atomic E-state index is 13.1. The molecule has 0 aromatic heterocycles. The molecule has 0 fully saturated rings.